The van der Waals surface area contributed by atoms with Crippen molar-refractivity contribution >= 4 is 5.91 Å². The highest BCUT2D eigenvalue weighted by Gasteiger charge is 2.35. The van der Waals surface area contributed by atoms with E-state index < -0.39 is 0 Å². The van der Waals surface area contributed by atoms with Gasteiger partial charge in [0.15, 0.2) is 0 Å². The Hall–Kier alpha value is -2.17. The zero-order valence-corrected chi connectivity index (χ0v) is 14.5. The van der Waals surface area contributed by atoms with Crippen LogP contribution >= 0.6 is 0 Å². The van der Waals surface area contributed by atoms with Crippen LogP contribution < -0.4 is 0 Å². The molecule has 0 aromatic heterocycles. The molecule has 2 atom stereocenters. The van der Waals surface area contributed by atoms with E-state index in [0.29, 0.717) is 19.4 Å². The van der Waals surface area contributed by atoms with Gasteiger partial charge in [-0.05, 0) is 17.5 Å². The minimum atomic E-state index is -0.148. The van der Waals surface area contributed by atoms with Crippen molar-refractivity contribution < 1.29 is 14.6 Å². The number of methoxy groups -OCH3 is 1. The highest BCUT2D eigenvalue weighted by atomic mass is 16.5. The van der Waals surface area contributed by atoms with Gasteiger partial charge in [-0.1, -0.05) is 60.7 Å². The summed E-state index contributed by atoms with van der Waals surface area (Å²) in [5.74, 6) is 0.0761. The summed E-state index contributed by atoms with van der Waals surface area (Å²) in [6.45, 7) is 0.532. The maximum atomic E-state index is 13.0. The first-order valence-corrected chi connectivity index (χ1v) is 8.76. The molecule has 0 unspecified atom stereocenters. The smallest absolute Gasteiger partial charge is 0.223 e. The van der Waals surface area contributed by atoms with E-state index in [2.05, 4.69) is 24.3 Å². The van der Waals surface area contributed by atoms with Gasteiger partial charge < -0.3 is 14.7 Å². The largest absolute Gasteiger partial charge is 0.394 e. The summed E-state index contributed by atoms with van der Waals surface area (Å²) in [6, 6.07) is 20.1. The van der Waals surface area contributed by atoms with Crippen LogP contribution in [0.5, 0.6) is 0 Å². The second kappa shape index (κ2) is 8.28. The van der Waals surface area contributed by atoms with Gasteiger partial charge in [0, 0.05) is 26.0 Å². The maximum absolute atomic E-state index is 13.0. The van der Waals surface area contributed by atoms with Crippen LogP contribution in [0.1, 0.15) is 29.9 Å². The third-order valence-corrected chi connectivity index (χ3v) is 5.02. The van der Waals surface area contributed by atoms with Gasteiger partial charge in [-0.2, -0.15) is 0 Å². The van der Waals surface area contributed by atoms with E-state index in [9.17, 15) is 9.90 Å². The van der Waals surface area contributed by atoms with Crippen molar-refractivity contribution in [3.05, 3.63) is 71.8 Å². The van der Waals surface area contributed by atoms with Crippen LogP contribution in [0.3, 0.4) is 0 Å². The lowest BCUT2D eigenvalue weighted by atomic mass is 9.88. The maximum Gasteiger partial charge on any atom is 0.223 e. The summed E-state index contributed by atoms with van der Waals surface area (Å²) < 4.78 is 5.39. The van der Waals surface area contributed by atoms with Crippen LogP contribution in [0.15, 0.2) is 60.7 Å². The quantitative estimate of drug-likeness (QED) is 0.880. The number of amides is 1. The molecule has 0 saturated carbocycles. The van der Waals surface area contributed by atoms with E-state index >= 15 is 0 Å². The van der Waals surface area contributed by atoms with Gasteiger partial charge in [0.1, 0.15) is 0 Å². The zero-order valence-electron chi connectivity index (χ0n) is 14.5. The highest BCUT2D eigenvalue weighted by Crippen LogP contribution is 2.30. The first kappa shape index (κ1) is 17.6. The molecule has 1 N–H and O–H groups in total. The van der Waals surface area contributed by atoms with Crippen LogP contribution in [0.4, 0.5) is 0 Å². The lowest BCUT2D eigenvalue weighted by Gasteiger charge is -2.26. The molecule has 2 aromatic carbocycles. The molecule has 4 nitrogen and oxygen atoms in total. The van der Waals surface area contributed by atoms with Crippen LogP contribution in [0.25, 0.3) is 0 Å². The van der Waals surface area contributed by atoms with Crippen LogP contribution in [0, 0.1) is 0 Å². The molecule has 25 heavy (non-hydrogen) atoms. The molecule has 0 aliphatic carbocycles. The first-order valence-electron chi connectivity index (χ1n) is 8.76. The number of hydrogen-bond donors (Lipinski definition) is 1. The third kappa shape index (κ3) is 4.09. The van der Waals surface area contributed by atoms with Crippen LogP contribution in [-0.2, 0) is 9.53 Å². The van der Waals surface area contributed by atoms with Crippen LogP contribution in [0.2, 0.25) is 0 Å². The number of aliphatic hydroxyl groups excluding tert-OH is 1. The number of aliphatic hydroxyl groups is 1. The van der Waals surface area contributed by atoms with Gasteiger partial charge in [0.05, 0.1) is 18.8 Å². The second-order valence-corrected chi connectivity index (χ2v) is 6.55. The Kier molecular flexibility index (Phi) is 5.84. The lowest BCUT2D eigenvalue weighted by Crippen LogP contribution is -2.38. The van der Waals surface area contributed by atoms with Gasteiger partial charge in [0.25, 0.3) is 0 Å². The fourth-order valence-electron chi connectivity index (χ4n) is 3.61. The molecule has 1 heterocycles. The normalized spacial score (nSPS) is 20.2. The molecular weight excluding hydrogens is 314 g/mol. The molecule has 4 heteroatoms. The number of hydrogen-bond acceptors (Lipinski definition) is 3. The van der Waals surface area contributed by atoms with Crippen molar-refractivity contribution in [2.45, 2.75) is 30.9 Å². The number of benzene rings is 2. The summed E-state index contributed by atoms with van der Waals surface area (Å²) in [7, 11) is 1.66. The predicted molar refractivity (Wildman–Crippen MR) is 97.3 cm³/mol. The average molecular weight is 339 g/mol. The number of carbonyl (C=O) groups excluding carboxylic acids is 1. The predicted octanol–water partition coefficient (Wildman–Crippen LogP) is 2.82. The minimum absolute atomic E-state index is 0.00741. The van der Waals surface area contributed by atoms with Gasteiger partial charge in [-0.25, -0.2) is 0 Å². The SMILES string of the molecule is CO[C@H]1C[C@@H](CO)N(C(=O)CC(c2ccccc2)c2ccccc2)C1. The molecule has 1 saturated heterocycles. The summed E-state index contributed by atoms with van der Waals surface area (Å²) in [5.41, 5.74) is 2.26. The van der Waals surface area contributed by atoms with Gasteiger partial charge in [0.2, 0.25) is 5.91 Å². The molecular formula is C21H25NO3. The monoisotopic (exact) mass is 339 g/mol. The Balaban J connectivity index is 1.82. The van der Waals surface area contributed by atoms with E-state index in [1.165, 1.54) is 0 Å². The Morgan fingerprint density at radius 1 is 1.12 bits per heavy atom. The van der Waals surface area contributed by atoms with Crippen molar-refractivity contribution in [3.8, 4) is 0 Å². The Labute approximate surface area is 149 Å². The van der Waals surface area contributed by atoms with Gasteiger partial charge >= 0.3 is 0 Å². The highest BCUT2D eigenvalue weighted by molar-refractivity contribution is 5.78. The van der Waals surface area contributed by atoms with E-state index in [0.717, 1.165) is 11.1 Å². The molecule has 132 valence electrons. The standard InChI is InChI=1S/C21H25NO3/c1-25-19-12-18(15-23)22(14-19)21(24)13-20(16-8-4-2-5-9-16)17-10-6-3-7-11-17/h2-11,18-20,23H,12-15H2,1H3/t18-,19-/m0/s1. The van der Waals surface area contributed by atoms with E-state index in [4.69, 9.17) is 4.74 Å². The first-order chi connectivity index (χ1) is 12.2. The van der Waals surface area contributed by atoms with Gasteiger partial charge in [-0.15, -0.1) is 0 Å². The van der Waals surface area contributed by atoms with Crippen molar-refractivity contribution in [2.75, 3.05) is 20.3 Å². The zero-order chi connectivity index (χ0) is 17.6. The molecule has 1 amide bonds. The summed E-state index contributed by atoms with van der Waals surface area (Å²) in [4.78, 5) is 14.8. The molecule has 1 fully saturated rings. The number of nitrogens with zero attached hydrogens (tertiary/aromatic N) is 1. The number of ether oxygens (including phenoxy) is 1. The Morgan fingerprint density at radius 2 is 1.68 bits per heavy atom. The van der Waals surface area contributed by atoms with E-state index in [1.54, 1.807) is 12.0 Å². The lowest BCUT2D eigenvalue weighted by molar-refractivity contribution is -0.133. The molecule has 3 rings (SSSR count). The Morgan fingerprint density at radius 3 is 2.16 bits per heavy atom. The van der Waals surface area contributed by atoms with Crippen molar-refractivity contribution in [3.63, 3.8) is 0 Å². The second-order valence-electron chi connectivity index (χ2n) is 6.55. The average Bonchev–Trinajstić information content (AvgIpc) is 3.11. The molecule has 1 aliphatic heterocycles. The topological polar surface area (TPSA) is 49.8 Å². The van der Waals surface area contributed by atoms with E-state index in [1.807, 2.05) is 36.4 Å². The summed E-state index contributed by atoms with van der Waals surface area (Å²) in [6.07, 6.45) is 1.09. The van der Waals surface area contributed by atoms with Crippen molar-refractivity contribution in [1.29, 1.82) is 0 Å². The number of rotatable bonds is 6. The number of likely N-dealkylation sites (tertiary alicyclic amines) is 1. The molecule has 0 bridgehead atoms. The van der Waals surface area contributed by atoms with Crippen LogP contribution in [-0.4, -0.2) is 48.3 Å². The van der Waals surface area contributed by atoms with Crippen molar-refractivity contribution in [2.24, 2.45) is 0 Å². The Bertz CT molecular complexity index is 635. The van der Waals surface area contributed by atoms with Gasteiger partial charge in [-0.3, -0.25) is 4.79 Å². The minimum Gasteiger partial charge on any atom is -0.394 e. The fourth-order valence-corrected chi connectivity index (χ4v) is 3.61. The van der Waals surface area contributed by atoms with E-state index in [-0.39, 0.29) is 30.6 Å². The molecule has 0 spiro atoms. The summed E-state index contributed by atoms with van der Waals surface area (Å²) >= 11 is 0. The molecule has 1 aliphatic rings. The number of carbonyl (C=O) groups is 1. The molecule has 2 aromatic rings. The third-order valence-electron chi connectivity index (χ3n) is 5.02. The van der Waals surface area contributed by atoms with Crippen molar-refractivity contribution in [1.82, 2.24) is 4.90 Å². The molecule has 0 radical (unpaired) electrons. The fraction of sp³-hybridized carbons (Fsp3) is 0.381. The summed E-state index contributed by atoms with van der Waals surface area (Å²) in [5, 5.41) is 9.62.